The molecule has 194 valence electrons. The molecule has 0 unspecified atom stereocenters. The van der Waals surface area contributed by atoms with Crippen LogP contribution < -0.4 is 0 Å². The molecule has 3 N–H and O–H groups in total. The van der Waals surface area contributed by atoms with E-state index in [9.17, 15) is 15.3 Å². The smallest absolute Gasteiger partial charge is 0.108 e. The number of ether oxygens (including phenoxy) is 1. The standard InChI is InChI=1S/C30H50O4/c1-26(2)23-9-8-21-20(28(23,5)13-12-24(26)32)11-15-29(6)19(10-14-30(21,29)7)18-16-22(31)25(33)27(3,4)34-17-18/h8,18-20,22-25,31-33H,9-17H2,1-7H3/t18-,19+,20+,22-,23+,24-,25+,28-,29+,30-/m1/s1. The zero-order valence-electron chi connectivity index (χ0n) is 22.7. The second kappa shape index (κ2) is 7.79. The van der Waals surface area contributed by atoms with Crippen molar-refractivity contribution >= 4 is 0 Å². The van der Waals surface area contributed by atoms with E-state index in [1.807, 2.05) is 13.8 Å². The summed E-state index contributed by atoms with van der Waals surface area (Å²) in [4.78, 5) is 0. The molecule has 3 saturated carbocycles. The number of fused-ring (bicyclic) bond motifs is 5. The third kappa shape index (κ3) is 3.23. The fraction of sp³-hybridized carbons (Fsp3) is 0.933. The van der Waals surface area contributed by atoms with Crippen LogP contribution in [0.2, 0.25) is 0 Å². The van der Waals surface area contributed by atoms with Crippen molar-refractivity contribution in [1.82, 2.24) is 0 Å². The fourth-order valence-electron chi connectivity index (χ4n) is 10.2. The maximum Gasteiger partial charge on any atom is 0.108 e. The van der Waals surface area contributed by atoms with Gasteiger partial charge in [0.2, 0.25) is 0 Å². The van der Waals surface area contributed by atoms with E-state index in [1.165, 1.54) is 25.7 Å². The van der Waals surface area contributed by atoms with Crippen molar-refractivity contribution in [2.75, 3.05) is 6.61 Å². The Morgan fingerprint density at radius 3 is 2.29 bits per heavy atom. The molecule has 1 aliphatic heterocycles. The maximum absolute atomic E-state index is 10.8. The highest BCUT2D eigenvalue weighted by molar-refractivity contribution is 5.33. The highest BCUT2D eigenvalue weighted by Crippen LogP contribution is 2.73. The van der Waals surface area contributed by atoms with E-state index in [0.29, 0.717) is 30.8 Å². The molecule has 1 heterocycles. The Bertz CT molecular complexity index is 847. The lowest BCUT2D eigenvalue weighted by atomic mass is 9.41. The van der Waals surface area contributed by atoms with Gasteiger partial charge in [-0.05, 0) is 111 Å². The second-order valence-electron chi connectivity index (χ2n) is 14.7. The molecular weight excluding hydrogens is 424 g/mol. The van der Waals surface area contributed by atoms with Crippen molar-refractivity contribution in [2.45, 2.75) is 124 Å². The molecule has 0 aromatic rings. The molecule has 5 aliphatic rings. The third-order valence-electron chi connectivity index (χ3n) is 12.7. The first kappa shape index (κ1) is 25.2. The van der Waals surface area contributed by atoms with Crippen molar-refractivity contribution in [3.05, 3.63) is 11.6 Å². The molecule has 4 aliphatic carbocycles. The number of allylic oxidation sites excluding steroid dienone is 2. The van der Waals surface area contributed by atoms with Crippen molar-refractivity contribution in [3.8, 4) is 0 Å². The van der Waals surface area contributed by atoms with Gasteiger partial charge in [0.15, 0.2) is 0 Å². The summed E-state index contributed by atoms with van der Waals surface area (Å²) in [7, 11) is 0. The van der Waals surface area contributed by atoms with Crippen molar-refractivity contribution in [2.24, 2.45) is 45.3 Å². The van der Waals surface area contributed by atoms with Crippen LogP contribution in [0.1, 0.15) is 99.8 Å². The molecule has 0 bridgehead atoms. The Kier molecular flexibility index (Phi) is 5.78. The predicted octanol–water partition coefficient (Wildman–Crippen LogP) is 5.49. The number of hydrogen-bond acceptors (Lipinski definition) is 4. The number of rotatable bonds is 1. The van der Waals surface area contributed by atoms with Crippen LogP contribution in [0.25, 0.3) is 0 Å². The summed E-state index contributed by atoms with van der Waals surface area (Å²) in [5.41, 5.74) is 1.62. The topological polar surface area (TPSA) is 69.9 Å². The van der Waals surface area contributed by atoms with Crippen LogP contribution in [0.15, 0.2) is 11.6 Å². The van der Waals surface area contributed by atoms with E-state index in [2.05, 4.69) is 40.7 Å². The van der Waals surface area contributed by atoms with Gasteiger partial charge in [-0.25, -0.2) is 0 Å². The summed E-state index contributed by atoms with van der Waals surface area (Å²) in [5, 5.41) is 32.3. The average Bonchev–Trinajstić information content (AvgIpc) is 2.99. The largest absolute Gasteiger partial charge is 0.393 e. The molecule has 4 nitrogen and oxygen atoms in total. The Morgan fingerprint density at radius 2 is 1.59 bits per heavy atom. The van der Waals surface area contributed by atoms with Crippen LogP contribution in [-0.4, -0.2) is 45.8 Å². The zero-order chi connectivity index (χ0) is 24.9. The second-order valence-corrected chi connectivity index (χ2v) is 14.7. The van der Waals surface area contributed by atoms with Gasteiger partial charge < -0.3 is 20.1 Å². The van der Waals surface area contributed by atoms with E-state index in [4.69, 9.17) is 4.74 Å². The summed E-state index contributed by atoms with van der Waals surface area (Å²) in [6.45, 7) is 16.7. The van der Waals surface area contributed by atoms with Gasteiger partial charge in [-0.2, -0.15) is 0 Å². The summed E-state index contributed by atoms with van der Waals surface area (Å²) in [5.74, 6) is 1.94. The molecule has 34 heavy (non-hydrogen) atoms. The van der Waals surface area contributed by atoms with Gasteiger partial charge in [-0.1, -0.05) is 46.3 Å². The molecule has 4 heteroatoms. The van der Waals surface area contributed by atoms with Crippen LogP contribution in [0.4, 0.5) is 0 Å². The van der Waals surface area contributed by atoms with Gasteiger partial charge in [0, 0.05) is 0 Å². The molecule has 5 rings (SSSR count). The number of aliphatic hydroxyl groups excluding tert-OH is 3. The molecule has 1 saturated heterocycles. The van der Waals surface area contributed by atoms with Gasteiger partial charge in [0.1, 0.15) is 6.10 Å². The molecule has 0 aromatic carbocycles. The van der Waals surface area contributed by atoms with E-state index in [0.717, 1.165) is 19.3 Å². The molecule has 0 aromatic heterocycles. The first-order valence-electron chi connectivity index (χ1n) is 14.1. The minimum absolute atomic E-state index is 0.0314. The normalized spacial score (nSPS) is 54.3. The lowest BCUT2D eigenvalue weighted by Gasteiger charge is -2.64. The van der Waals surface area contributed by atoms with Crippen LogP contribution in [0, 0.1) is 45.3 Å². The predicted molar refractivity (Wildman–Crippen MR) is 135 cm³/mol. The molecular formula is C30H50O4. The minimum Gasteiger partial charge on any atom is -0.393 e. The molecule has 4 fully saturated rings. The monoisotopic (exact) mass is 474 g/mol. The molecule has 0 amide bonds. The molecule has 10 atom stereocenters. The Morgan fingerprint density at radius 1 is 0.882 bits per heavy atom. The lowest BCUT2D eigenvalue weighted by molar-refractivity contribution is -0.134. The highest BCUT2D eigenvalue weighted by atomic mass is 16.5. The van der Waals surface area contributed by atoms with Gasteiger partial charge in [0.25, 0.3) is 0 Å². The zero-order valence-corrected chi connectivity index (χ0v) is 22.7. The fourth-order valence-corrected chi connectivity index (χ4v) is 10.2. The summed E-state index contributed by atoms with van der Waals surface area (Å²) in [6, 6.07) is 0. The van der Waals surface area contributed by atoms with Crippen LogP contribution in [0.3, 0.4) is 0 Å². The van der Waals surface area contributed by atoms with E-state index in [-0.39, 0.29) is 33.7 Å². The Hall–Kier alpha value is -0.420. The van der Waals surface area contributed by atoms with E-state index < -0.39 is 17.8 Å². The lowest BCUT2D eigenvalue weighted by Crippen LogP contribution is -2.58. The molecule has 0 spiro atoms. The van der Waals surface area contributed by atoms with Crippen LogP contribution in [-0.2, 0) is 4.74 Å². The number of hydrogen-bond donors (Lipinski definition) is 3. The van der Waals surface area contributed by atoms with Crippen molar-refractivity contribution < 1.29 is 20.1 Å². The highest BCUT2D eigenvalue weighted by Gasteiger charge is 2.65. The van der Waals surface area contributed by atoms with Crippen LogP contribution >= 0.6 is 0 Å². The minimum atomic E-state index is -0.836. The van der Waals surface area contributed by atoms with Gasteiger partial charge in [-0.3, -0.25) is 0 Å². The SMILES string of the molecule is CC1(C)OC[C@H]([C@@H]2CC[C@]3(C)C4=CC[C@H]5C(C)(C)[C@H](O)CC[C@]5(C)[C@H]4CC[C@@]23C)C[C@@H](O)[C@@H]1O. The van der Waals surface area contributed by atoms with Crippen molar-refractivity contribution in [3.63, 3.8) is 0 Å². The average molecular weight is 475 g/mol. The molecule has 0 radical (unpaired) electrons. The van der Waals surface area contributed by atoms with Gasteiger partial charge in [0.05, 0.1) is 24.4 Å². The van der Waals surface area contributed by atoms with Crippen molar-refractivity contribution in [1.29, 1.82) is 0 Å². The van der Waals surface area contributed by atoms with E-state index in [1.54, 1.807) is 5.57 Å². The first-order chi connectivity index (χ1) is 15.7. The Labute approximate surface area is 207 Å². The maximum atomic E-state index is 10.8. The Balaban J connectivity index is 1.46. The number of aliphatic hydroxyl groups is 3. The van der Waals surface area contributed by atoms with Gasteiger partial charge >= 0.3 is 0 Å². The first-order valence-corrected chi connectivity index (χ1v) is 14.1. The quantitative estimate of drug-likeness (QED) is 0.440. The van der Waals surface area contributed by atoms with Gasteiger partial charge in [-0.15, -0.1) is 0 Å². The van der Waals surface area contributed by atoms with Crippen LogP contribution in [0.5, 0.6) is 0 Å². The third-order valence-corrected chi connectivity index (χ3v) is 12.7. The van der Waals surface area contributed by atoms with E-state index >= 15 is 0 Å². The summed E-state index contributed by atoms with van der Waals surface area (Å²) < 4.78 is 6.23. The summed E-state index contributed by atoms with van der Waals surface area (Å²) in [6.07, 6.45) is 9.49. The summed E-state index contributed by atoms with van der Waals surface area (Å²) >= 11 is 0.